The molecule has 1 saturated carbocycles. The van der Waals surface area contributed by atoms with E-state index in [0.29, 0.717) is 0 Å². The summed E-state index contributed by atoms with van der Waals surface area (Å²) >= 11 is 0. The van der Waals surface area contributed by atoms with Crippen molar-refractivity contribution in [1.82, 2.24) is 0 Å². The van der Waals surface area contributed by atoms with Crippen molar-refractivity contribution in [2.24, 2.45) is 0 Å². The van der Waals surface area contributed by atoms with Crippen LogP contribution in [0.25, 0.3) is 0 Å². The summed E-state index contributed by atoms with van der Waals surface area (Å²) in [7, 11) is -0.765. The van der Waals surface area contributed by atoms with E-state index in [1.54, 1.807) is 0 Å². The molecule has 1 atom stereocenters. The quantitative estimate of drug-likeness (QED) is 0.592. The van der Waals surface area contributed by atoms with Gasteiger partial charge in [-0.05, 0) is 18.5 Å². The second-order valence-electron chi connectivity index (χ2n) is 3.45. The van der Waals surface area contributed by atoms with Gasteiger partial charge in [0.05, 0.1) is 0 Å². The third-order valence-electron chi connectivity index (χ3n) is 2.71. The standard InChI is InChI=1S/C9H20OSi/c1-3-10-11(4-2)9-7-5-6-8-9/h9,11H,3-8H2,1-2H3. The molecule has 0 N–H and O–H groups in total. The molecule has 1 rings (SSSR count). The van der Waals surface area contributed by atoms with Crippen molar-refractivity contribution in [2.75, 3.05) is 6.61 Å². The van der Waals surface area contributed by atoms with Gasteiger partial charge in [0.1, 0.15) is 0 Å². The Balaban J connectivity index is 2.27. The van der Waals surface area contributed by atoms with Gasteiger partial charge in [0.25, 0.3) is 0 Å². The fourth-order valence-electron chi connectivity index (χ4n) is 2.13. The first kappa shape index (κ1) is 9.27. The van der Waals surface area contributed by atoms with Gasteiger partial charge in [0.15, 0.2) is 9.04 Å². The molecule has 1 aliphatic carbocycles. The molecule has 0 aliphatic heterocycles. The van der Waals surface area contributed by atoms with Crippen LogP contribution < -0.4 is 0 Å². The molecule has 0 radical (unpaired) electrons. The zero-order valence-electron chi connectivity index (χ0n) is 7.81. The van der Waals surface area contributed by atoms with Crippen LogP contribution in [0, 0.1) is 0 Å². The summed E-state index contributed by atoms with van der Waals surface area (Å²) in [5.41, 5.74) is 1.01. The molecule has 11 heavy (non-hydrogen) atoms. The highest BCUT2D eigenvalue weighted by Crippen LogP contribution is 2.34. The van der Waals surface area contributed by atoms with Gasteiger partial charge < -0.3 is 4.43 Å². The molecule has 1 fully saturated rings. The first-order valence-electron chi connectivity index (χ1n) is 5.00. The largest absolute Gasteiger partial charge is 0.420 e. The summed E-state index contributed by atoms with van der Waals surface area (Å²) in [6.45, 7) is 5.37. The van der Waals surface area contributed by atoms with Crippen molar-refractivity contribution in [2.45, 2.75) is 51.1 Å². The van der Waals surface area contributed by atoms with E-state index in [1.807, 2.05) is 0 Å². The molecule has 1 nitrogen and oxygen atoms in total. The fourth-order valence-corrected chi connectivity index (χ4v) is 4.95. The molecule has 0 amide bonds. The molecule has 1 unspecified atom stereocenters. The van der Waals surface area contributed by atoms with Crippen LogP contribution in [0.1, 0.15) is 39.5 Å². The van der Waals surface area contributed by atoms with Gasteiger partial charge in [0.2, 0.25) is 0 Å². The monoisotopic (exact) mass is 172 g/mol. The van der Waals surface area contributed by atoms with E-state index in [1.165, 1.54) is 31.7 Å². The summed E-state index contributed by atoms with van der Waals surface area (Å²) in [5.74, 6) is 0. The molecule has 0 aromatic heterocycles. The molecule has 0 spiro atoms. The topological polar surface area (TPSA) is 9.23 Å². The first-order chi connectivity index (χ1) is 5.38. The minimum Gasteiger partial charge on any atom is -0.420 e. The average molecular weight is 172 g/mol. The SMILES string of the molecule is CCO[SiH](CC)C1CCCC1. The van der Waals surface area contributed by atoms with Crippen LogP contribution in [0.3, 0.4) is 0 Å². The molecule has 0 aromatic rings. The molecule has 2 heteroatoms. The highest BCUT2D eigenvalue weighted by Gasteiger charge is 2.25. The molecular weight excluding hydrogens is 152 g/mol. The highest BCUT2D eigenvalue weighted by molar-refractivity contribution is 6.53. The van der Waals surface area contributed by atoms with E-state index in [0.717, 1.165) is 12.1 Å². The second kappa shape index (κ2) is 4.94. The Morgan fingerprint density at radius 1 is 1.27 bits per heavy atom. The van der Waals surface area contributed by atoms with Crippen LogP contribution in [-0.4, -0.2) is 15.6 Å². The van der Waals surface area contributed by atoms with E-state index >= 15 is 0 Å². The van der Waals surface area contributed by atoms with Crippen LogP contribution >= 0.6 is 0 Å². The molecule has 0 heterocycles. The van der Waals surface area contributed by atoms with Gasteiger partial charge in [-0.2, -0.15) is 0 Å². The van der Waals surface area contributed by atoms with E-state index in [-0.39, 0.29) is 0 Å². The Morgan fingerprint density at radius 3 is 2.36 bits per heavy atom. The Bertz CT molecular complexity index is 99.7. The van der Waals surface area contributed by atoms with Crippen molar-refractivity contribution >= 4 is 9.04 Å². The normalized spacial score (nSPS) is 22.4. The van der Waals surface area contributed by atoms with Crippen molar-refractivity contribution in [3.05, 3.63) is 0 Å². The van der Waals surface area contributed by atoms with Crippen molar-refractivity contribution < 1.29 is 4.43 Å². The van der Waals surface area contributed by atoms with Crippen molar-refractivity contribution in [1.29, 1.82) is 0 Å². The summed E-state index contributed by atoms with van der Waals surface area (Å²) in [6.07, 6.45) is 5.85. The van der Waals surface area contributed by atoms with Gasteiger partial charge >= 0.3 is 0 Å². The van der Waals surface area contributed by atoms with Crippen LogP contribution in [0.4, 0.5) is 0 Å². The van der Waals surface area contributed by atoms with Crippen molar-refractivity contribution in [3.63, 3.8) is 0 Å². The lowest BCUT2D eigenvalue weighted by Gasteiger charge is -2.19. The average Bonchev–Trinajstić information content (AvgIpc) is 2.52. The predicted molar refractivity (Wildman–Crippen MR) is 51.5 cm³/mol. The Kier molecular flexibility index (Phi) is 4.16. The van der Waals surface area contributed by atoms with Gasteiger partial charge in [-0.25, -0.2) is 0 Å². The molecule has 66 valence electrons. The maximum atomic E-state index is 5.81. The smallest absolute Gasteiger partial charge is 0.179 e. The van der Waals surface area contributed by atoms with E-state index in [9.17, 15) is 0 Å². The second-order valence-corrected chi connectivity index (χ2v) is 6.62. The predicted octanol–water partition coefficient (Wildman–Crippen LogP) is 2.71. The zero-order chi connectivity index (χ0) is 8.10. The van der Waals surface area contributed by atoms with E-state index < -0.39 is 9.04 Å². The van der Waals surface area contributed by atoms with Crippen LogP contribution in [0.15, 0.2) is 0 Å². The molecule has 1 aliphatic rings. The molecule has 0 saturated heterocycles. The third kappa shape index (κ3) is 2.60. The van der Waals surface area contributed by atoms with Crippen LogP contribution in [0.2, 0.25) is 11.6 Å². The third-order valence-corrected chi connectivity index (χ3v) is 5.99. The summed E-state index contributed by atoms with van der Waals surface area (Å²) < 4.78 is 5.81. The maximum Gasteiger partial charge on any atom is 0.179 e. The Morgan fingerprint density at radius 2 is 1.91 bits per heavy atom. The minimum absolute atomic E-state index is 0.765. The lowest BCUT2D eigenvalue weighted by atomic mass is 10.4. The van der Waals surface area contributed by atoms with Gasteiger partial charge in [-0.15, -0.1) is 0 Å². The summed E-state index contributed by atoms with van der Waals surface area (Å²) in [6, 6.07) is 1.33. The molecule has 0 aromatic carbocycles. The lowest BCUT2D eigenvalue weighted by molar-refractivity contribution is 0.333. The lowest BCUT2D eigenvalue weighted by Crippen LogP contribution is -2.22. The van der Waals surface area contributed by atoms with E-state index in [4.69, 9.17) is 4.43 Å². The highest BCUT2D eigenvalue weighted by atomic mass is 28.3. The van der Waals surface area contributed by atoms with Crippen molar-refractivity contribution in [3.8, 4) is 0 Å². The van der Waals surface area contributed by atoms with Gasteiger partial charge in [0, 0.05) is 6.61 Å². The Labute approximate surface area is 71.9 Å². The first-order valence-corrected chi connectivity index (χ1v) is 6.95. The summed E-state index contributed by atoms with van der Waals surface area (Å²) in [5, 5.41) is 0. The zero-order valence-corrected chi connectivity index (χ0v) is 8.96. The number of hydrogen-bond donors (Lipinski definition) is 0. The van der Waals surface area contributed by atoms with Gasteiger partial charge in [-0.3, -0.25) is 0 Å². The molecule has 0 bridgehead atoms. The summed E-state index contributed by atoms with van der Waals surface area (Å²) in [4.78, 5) is 0. The fraction of sp³-hybridized carbons (Fsp3) is 1.00. The van der Waals surface area contributed by atoms with E-state index in [2.05, 4.69) is 13.8 Å². The molecular formula is C9H20OSi. The Hall–Kier alpha value is 0.177. The van der Waals surface area contributed by atoms with Crippen LogP contribution in [0.5, 0.6) is 0 Å². The van der Waals surface area contributed by atoms with Crippen LogP contribution in [-0.2, 0) is 4.43 Å². The maximum absolute atomic E-state index is 5.81. The number of rotatable bonds is 4. The minimum atomic E-state index is -0.765. The number of hydrogen-bond acceptors (Lipinski definition) is 1. The van der Waals surface area contributed by atoms with Gasteiger partial charge in [-0.1, -0.05) is 32.6 Å².